The summed E-state index contributed by atoms with van der Waals surface area (Å²) in [6.45, 7) is 2.51. The largest absolute Gasteiger partial charge is 0.336 e. The van der Waals surface area contributed by atoms with E-state index >= 15 is 0 Å². The maximum absolute atomic E-state index is 13.1. The molecule has 11 heteroatoms. The number of rotatable bonds is 3. The Morgan fingerprint density at radius 3 is 2.38 bits per heavy atom. The smallest absolute Gasteiger partial charge is 0.259 e. The normalized spacial score (nSPS) is 15.8. The van der Waals surface area contributed by atoms with E-state index in [1.807, 2.05) is 0 Å². The molecule has 0 aliphatic carbocycles. The van der Waals surface area contributed by atoms with Crippen molar-refractivity contribution in [3.63, 3.8) is 0 Å². The topological polar surface area (TPSA) is 87.9 Å². The Morgan fingerprint density at radius 1 is 1.07 bits per heavy atom. The van der Waals surface area contributed by atoms with Gasteiger partial charge < -0.3 is 4.90 Å². The van der Waals surface area contributed by atoms with E-state index in [9.17, 15) is 13.2 Å². The van der Waals surface area contributed by atoms with Gasteiger partial charge in [0.05, 0.1) is 15.7 Å². The van der Waals surface area contributed by atoms with Crippen molar-refractivity contribution in [1.29, 1.82) is 0 Å². The molecule has 3 heterocycles. The molecule has 0 unspecified atom stereocenters. The lowest BCUT2D eigenvalue weighted by Crippen LogP contribution is -2.50. The predicted molar refractivity (Wildman–Crippen MR) is 109 cm³/mol. The van der Waals surface area contributed by atoms with Crippen LogP contribution >= 0.6 is 23.2 Å². The van der Waals surface area contributed by atoms with Gasteiger partial charge in [0.1, 0.15) is 10.5 Å². The van der Waals surface area contributed by atoms with Gasteiger partial charge in [0, 0.05) is 38.6 Å². The number of piperazine rings is 1. The molecule has 1 aliphatic heterocycles. The van der Waals surface area contributed by atoms with Gasteiger partial charge in [-0.2, -0.15) is 9.40 Å². The number of benzene rings is 1. The molecule has 0 spiro atoms. The average molecular weight is 454 g/mol. The van der Waals surface area contributed by atoms with Gasteiger partial charge in [0.15, 0.2) is 5.65 Å². The van der Waals surface area contributed by atoms with Crippen LogP contribution in [0.5, 0.6) is 0 Å². The number of aryl methyl sites for hydroxylation is 1. The first kappa shape index (κ1) is 20.1. The maximum Gasteiger partial charge on any atom is 0.259 e. The van der Waals surface area contributed by atoms with Gasteiger partial charge in [-0.25, -0.2) is 17.9 Å². The van der Waals surface area contributed by atoms with Crippen molar-refractivity contribution in [3.8, 4) is 0 Å². The minimum Gasteiger partial charge on any atom is -0.336 e. The summed E-state index contributed by atoms with van der Waals surface area (Å²) in [4.78, 5) is 18.8. The zero-order valence-electron chi connectivity index (χ0n) is 15.4. The molecule has 1 aromatic carbocycles. The van der Waals surface area contributed by atoms with E-state index in [0.29, 0.717) is 16.9 Å². The quantitative estimate of drug-likeness (QED) is 0.607. The van der Waals surface area contributed by atoms with Crippen LogP contribution in [-0.4, -0.2) is 64.3 Å². The highest BCUT2D eigenvalue weighted by atomic mass is 35.5. The number of halogens is 2. The first-order valence-corrected chi connectivity index (χ1v) is 11.0. The second-order valence-electron chi connectivity index (χ2n) is 6.60. The Hall–Kier alpha value is -2.20. The van der Waals surface area contributed by atoms with E-state index in [0.717, 1.165) is 0 Å². The Labute approximate surface area is 177 Å². The fourth-order valence-corrected chi connectivity index (χ4v) is 5.91. The lowest BCUT2D eigenvalue weighted by molar-refractivity contribution is 0.0699. The minimum absolute atomic E-state index is 0.0732. The van der Waals surface area contributed by atoms with Crippen molar-refractivity contribution in [2.45, 2.75) is 11.8 Å². The van der Waals surface area contributed by atoms with Crippen LogP contribution in [0.1, 0.15) is 16.1 Å². The molecule has 1 fully saturated rings. The summed E-state index contributed by atoms with van der Waals surface area (Å²) in [5, 5.41) is 4.46. The standard InChI is InChI=1S/C18H17Cl2N5O3S/c1-12-15(17-21-6-3-7-25(17)22-12)18(26)23-8-10-24(11-9-23)29(27,28)16-13(19)4-2-5-14(16)20/h2-7H,8-11H2,1H3. The molecular weight excluding hydrogens is 437 g/mol. The first-order valence-electron chi connectivity index (χ1n) is 8.84. The summed E-state index contributed by atoms with van der Waals surface area (Å²) in [5.74, 6) is -0.218. The summed E-state index contributed by atoms with van der Waals surface area (Å²) in [6.07, 6.45) is 3.33. The summed E-state index contributed by atoms with van der Waals surface area (Å²) in [6, 6.07) is 6.30. The minimum atomic E-state index is -3.87. The summed E-state index contributed by atoms with van der Waals surface area (Å²) >= 11 is 12.2. The van der Waals surface area contributed by atoms with Crippen LogP contribution < -0.4 is 0 Å². The van der Waals surface area contributed by atoms with Crippen LogP contribution in [0.2, 0.25) is 10.0 Å². The van der Waals surface area contributed by atoms with Crippen LogP contribution in [0.25, 0.3) is 5.65 Å². The summed E-state index contributed by atoms with van der Waals surface area (Å²) in [7, 11) is -3.87. The molecule has 4 rings (SSSR count). The van der Waals surface area contributed by atoms with Crippen LogP contribution in [0.15, 0.2) is 41.6 Å². The van der Waals surface area contributed by atoms with E-state index in [-0.39, 0.29) is 47.0 Å². The third-order valence-electron chi connectivity index (χ3n) is 4.83. The Balaban J connectivity index is 1.55. The average Bonchev–Trinajstić information content (AvgIpc) is 3.03. The van der Waals surface area contributed by atoms with E-state index in [4.69, 9.17) is 23.2 Å². The molecule has 3 aromatic rings. The van der Waals surface area contributed by atoms with Crippen LogP contribution in [0, 0.1) is 6.92 Å². The molecule has 2 aromatic heterocycles. The van der Waals surface area contributed by atoms with Gasteiger partial charge in [-0.05, 0) is 25.1 Å². The molecule has 1 saturated heterocycles. The van der Waals surface area contributed by atoms with Crippen molar-refractivity contribution >= 4 is 44.8 Å². The number of aromatic nitrogens is 3. The molecule has 1 amide bonds. The fraction of sp³-hybridized carbons (Fsp3) is 0.278. The molecule has 0 saturated carbocycles. The molecule has 1 aliphatic rings. The number of sulfonamides is 1. The van der Waals surface area contributed by atoms with Crippen LogP contribution in [0.4, 0.5) is 0 Å². The van der Waals surface area contributed by atoms with Crippen molar-refractivity contribution in [2.75, 3.05) is 26.2 Å². The summed E-state index contributed by atoms with van der Waals surface area (Å²) in [5.41, 5.74) is 1.48. The monoisotopic (exact) mass is 453 g/mol. The van der Waals surface area contributed by atoms with Gasteiger partial charge in [-0.3, -0.25) is 4.79 Å². The SMILES string of the molecule is Cc1nn2cccnc2c1C(=O)N1CCN(S(=O)(=O)c2c(Cl)cccc2Cl)CC1. The second-order valence-corrected chi connectivity index (χ2v) is 9.28. The van der Waals surface area contributed by atoms with Crippen molar-refractivity contribution in [3.05, 3.63) is 58.0 Å². The van der Waals surface area contributed by atoms with E-state index in [1.54, 1.807) is 40.9 Å². The highest BCUT2D eigenvalue weighted by molar-refractivity contribution is 7.89. The van der Waals surface area contributed by atoms with Gasteiger partial charge in [-0.15, -0.1) is 0 Å². The lowest BCUT2D eigenvalue weighted by Gasteiger charge is -2.34. The molecule has 152 valence electrons. The number of hydrogen-bond donors (Lipinski definition) is 0. The third-order valence-corrected chi connectivity index (χ3v) is 7.68. The molecular formula is C18H17Cl2N5O3S. The zero-order chi connectivity index (χ0) is 20.8. The van der Waals surface area contributed by atoms with E-state index in [2.05, 4.69) is 10.1 Å². The molecule has 29 heavy (non-hydrogen) atoms. The van der Waals surface area contributed by atoms with Crippen LogP contribution in [0.3, 0.4) is 0 Å². The van der Waals surface area contributed by atoms with Crippen molar-refractivity contribution < 1.29 is 13.2 Å². The predicted octanol–water partition coefficient (Wildman–Crippen LogP) is 2.49. The van der Waals surface area contributed by atoms with Gasteiger partial charge in [0.25, 0.3) is 5.91 Å². The number of carbonyl (C=O) groups excluding carboxylic acids is 1. The van der Waals surface area contributed by atoms with Gasteiger partial charge >= 0.3 is 0 Å². The zero-order valence-corrected chi connectivity index (χ0v) is 17.7. The van der Waals surface area contributed by atoms with Gasteiger partial charge in [-0.1, -0.05) is 29.3 Å². The Kier molecular flexibility index (Phi) is 5.24. The fourth-order valence-electron chi connectivity index (χ4n) is 3.39. The summed E-state index contributed by atoms with van der Waals surface area (Å²) < 4.78 is 28.8. The Morgan fingerprint density at radius 2 is 1.72 bits per heavy atom. The second kappa shape index (κ2) is 7.56. The highest BCUT2D eigenvalue weighted by Crippen LogP contribution is 2.32. The molecule has 8 nitrogen and oxygen atoms in total. The number of hydrogen-bond acceptors (Lipinski definition) is 5. The number of amides is 1. The van der Waals surface area contributed by atoms with Crippen LogP contribution in [-0.2, 0) is 10.0 Å². The molecule has 0 radical (unpaired) electrons. The molecule has 0 bridgehead atoms. The number of fused-ring (bicyclic) bond motifs is 1. The lowest BCUT2D eigenvalue weighted by atomic mass is 10.2. The van der Waals surface area contributed by atoms with E-state index in [1.165, 1.54) is 16.4 Å². The maximum atomic E-state index is 13.1. The third kappa shape index (κ3) is 3.48. The molecule has 0 atom stereocenters. The molecule has 0 N–H and O–H groups in total. The highest BCUT2D eigenvalue weighted by Gasteiger charge is 2.34. The van der Waals surface area contributed by atoms with E-state index < -0.39 is 10.0 Å². The number of carbonyl (C=O) groups is 1. The first-order chi connectivity index (χ1) is 13.8. The van der Waals surface area contributed by atoms with Crippen molar-refractivity contribution in [1.82, 2.24) is 23.8 Å². The van der Waals surface area contributed by atoms with Gasteiger partial charge in [0.2, 0.25) is 10.0 Å². The Bertz CT molecular complexity index is 1180. The number of nitrogens with zero attached hydrogens (tertiary/aromatic N) is 5. The van der Waals surface area contributed by atoms with Crippen molar-refractivity contribution in [2.24, 2.45) is 0 Å².